The Bertz CT molecular complexity index is 1870. The first-order valence-electron chi connectivity index (χ1n) is 17.3. The Balaban J connectivity index is 1.27. The highest BCUT2D eigenvalue weighted by Crippen LogP contribution is 2.56. The van der Waals surface area contributed by atoms with Crippen LogP contribution in [0, 0.1) is 6.92 Å². The zero-order chi connectivity index (χ0) is 36.7. The molecule has 1 amide bonds. The fraction of sp³-hybridized carbons (Fsp3) is 0.262. The van der Waals surface area contributed by atoms with Crippen molar-refractivity contribution in [1.29, 1.82) is 0 Å². The number of amides is 1. The normalized spacial score (nSPS) is 13.4. The predicted molar refractivity (Wildman–Crippen MR) is 201 cm³/mol. The lowest BCUT2D eigenvalue weighted by molar-refractivity contribution is -0.0351. The summed E-state index contributed by atoms with van der Waals surface area (Å²) >= 11 is 0. The molecule has 0 radical (unpaired) electrons. The van der Waals surface area contributed by atoms with E-state index in [-0.39, 0.29) is 45.2 Å². The fourth-order valence-corrected chi connectivity index (χ4v) is 7.53. The minimum atomic E-state index is -4.32. The van der Waals surface area contributed by atoms with Gasteiger partial charge in [0.05, 0.1) is 6.61 Å². The van der Waals surface area contributed by atoms with Crippen molar-refractivity contribution in [2.75, 3.05) is 12.8 Å². The van der Waals surface area contributed by atoms with E-state index in [1.54, 1.807) is 48.5 Å². The summed E-state index contributed by atoms with van der Waals surface area (Å²) in [6, 6.07) is 41.6. The minimum absolute atomic E-state index is 0.0930. The highest BCUT2D eigenvalue weighted by molar-refractivity contribution is 7.59. The van der Waals surface area contributed by atoms with Gasteiger partial charge in [-0.3, -0.25) is 9.88 Å². The van der Waals surface area contributed by atoms with E-state index >= 15 is 0 Å². The molecule has 5 aromatic rings. The van der Waals surface area contributed by atoms with E-state index in [0.717, 1.165) is 22.3 Å². The van der Waals surface area contributed by atoms with Gasteiger partial charge in [-0.25, -0.2) is 4.79 Å². The number of carbonyl (C=O) groups excluding carboxylic acids is 1. The number of carbonyl (C=O) groups is 1. The van der Waals surface area contributed by atoms with Crippen LogP contribution < -0.4 is 14.8 Å². The number of nitrogens with one attached hydrogen (secondary N) is 1. The molecule has 0 aliphatic carbocycles. The van der Waals surface area contributed by atoms with Gasteiger partial charge in [0.25, 0.3) is 7.37 Å². The van der Waals surface area contributed by atoms with E-state index < -0.39 is 18.9 Å². The van der Waals surface area contributed by atoms with Crippen molar-refractivity contribution in [3.63, 3.8) is 0 Å². The minimum Gasteiger partial charge on any atom is -0.489 e. The van der Waals surface area contributed by atoms with Gasteiger partial charge >= 0.3 is 6.09 Å². The number of ether oxygens (including phenoxy) is 4. The molecule has 0 spiro atoms. The highest BCUT2D eigenvalue weighted by atomic mass is 31.2. The molecular weight excluding hydrogens is 677 g/mol. The van der Waals surface area contributed by atoms with Gasteiger partial charge in [-0.15, -0.1) is 0 Å². The van der Waals surface area contributed by atoms with Crippen LogP contribution in [0.5, 0.6) is 11.5 Å². The van der Waals surface area contributed by atoms with E-state index in [0.29, 0.717) is 35.8 Å². The molecule has 0 saturated carbocycles. The van der Waals surface area contributed by atoms with Crippen molar-refractivity contribution >= 4 is 13.5 Å². The first-order valence-corrected chi connectivity index (χ1v) is 19.2. The summed E-state index contributed by atoms with van der Waals surface area (Å²) in [5.41, 5.74) is 3.35. The third-order valence-corrected chi connectivity index (χ3v) is 11.1. The van der Waals surface area contributed by atoms with Crippen LogP contribution >= 0.6 is 7.37 Å². The Morgan fingerprint density at radius 1 is 0.673 bits per heavy atom. The molecule has 5 aromatic carbocycles. The summed E-state index contributed by atoms with van der Waals surface area (Å²) in [5.74, 6) is 1.32. The summed E-state index contributed by atoms with van der Waals surface area (Å²) < 4.78 is 38.0. The predicted octanol–water partition coefficient (Wildman–Crippen LogP) is 8.54. The van der Waals surface area contributed by atoms with Gasteiger partial charge in [-0.2, -0.15) is 0 Å². The molecule has 2 unspecified atom stereocenters. The van der Waals surface area contributed by atoms with Crippen LogP contribution in [-0.2, 0) is 46.9 Å². The van der Waals surface area contributed by atoms with E-state index in [9.17, 15) is 19.4 Å². The largest absolute Gasteiger partial charge is 0.489 e. The van der Waals surface area contributed by atoms with Crippen LogP contribution in [0.1, 0.15) is 46.2 Å². The topological polar surface area (TPSA) is 124 Å². The Hall–Kier alpha value is -4.92. The Kier molecular flexibility index (Phi) is 14.0. The lowest BCUT2D eigenvalue weighted by Crippen LogP contribution is -2.51. The van der Waals surface area contributed by atoms with Crippen LogP contribution in [0.4, 0.5) is 4.79 Å². The second-order valence-electron chi connectivity index (χ2n) is 12.5. The molecule has 9 nitrogen and oxygen atoms in total. The number of alkyl carbamates (subject to hydrolysis) is 1. The molecule has 0 aromatic heterocycles. The molecule has 272 valence electrons. The maximum atomic E-state index is 14.4. The first kappa shape index (κ1) is 38.3. The molecule has 3 N–H and O–H groups in total. The van der Waals surface area contributed by atoms with Gasteiger partial charge < -0.3 is 28.9 Å². The van der Waals surface area contributed by atoms with Crippen molar-refractivity contribution in [3.8, 4) is 11.5 Å². The Labute approximate surface area is 305 Å². The van der Waals surface area contributed by atoms with Crippen molar-refractivity contribution in [2.24, 2.45) is 0 Å². The van der Waals surface area contributed by atoms with Gasteiger partial charge in [0.1, 0.15) is 31.3 Å². The van der Waals surface area contributed by atoms with Gasteiger partial charge in [-0.05, 0) is 77.4 Å². The molecule has 0 aliphatic heterocycles. The first-order chi connectivity index (χ1) is 25.2. The summed E-state index contributed by atoms with van der Waals surface area (Å²) in [7, 11) is -4.32. The zero-order valence-corrected chi connectivity index (χ0v) is 30.3. The van der Waals surface area contributed by atoms with Crippen LogP contribution in [-0.4, -0.2) is 34.3 Å². The molecule has 10 heteroatoms. The molecule has 0 fully saturated rings. The molecule has 0 aliphatic rings. The number of hydrogen-bond donors (Lipinski definition) is 3. The van der Waals surface area contributed by atoms with Crippen molar-refractivity contribution in [2.45, 2.75) is 58.1 Å². The van der Waals surface area contributed by atoms with Crippen molar-refractivity contribution in [3.05, 3.63) is 167 Å². The van der Waals surface area contributed by atoms with Gasteiger partial charge in [0.2, 0.25) is 5.47 Å². The molecule has 2 atom stereocenters. The zero-order valence-electron chi connectivity index (χ0n) is 29.4. The number of aliphatic hydroxyl groups is 1. The summed E-state index contributed by atoms with van der Waals surface area (Å²) in [4.78, 5) is 25.1. The van der Waals surface area contributed by atoms with Gasteiger partial charge in [0.15, 0.2) is 0 Å². The van der Waals surface area contributed by atoms with Gasteiger partial charge in [-0.1, -0.05) is 109 Å². The third-order valence-electron chi connectivity index (χ3n) is 8.67. The molecule has 0 saturated heterocycles. The smallest absolute Gasteiger partial charge is 0.410 e. The third kappa shape index (κ3) is 11.3. The lowest BCUT2D eigenvalue weighted by Gasteiger charge is -2.38. The molecule has 52 heavy (non-hydrogen) atoms. The van der Waals surface area contributed by atoms with Crippen LogP contribution in [0.2, 0.25) is 0 Å². The molecule has 0 bridgehead atoms. The van der Waals surface area contributed by atoms with Crippen molar-refractivity contribution in [1.82, 2.24) is 5.32 Å². The fourth-order valence-electron chi connectivity index (χ4n) is 5.59. The van der Waals surface area contributed by atoms with Crippen LogP contribution in [0.3, 0.4) is 0 Å². The highest BCUT2D eigenvalue weighted by Gasteiger charge is 2.49. The number of rotatable bonds is 19. The van der Waals surface area contributed by atoms with Crippen LogP contribution in [0.25, 0.3) is 0 Å². The Morgan fingerprint density at radius 3 is 1.71 bits per heavy atom. The summed E-state index contributed by atoms with van der Waals surface area (Å²) in [6.45, 7) is 2.32. The summed E-state index contributed by atoms with van der Waals surface area (Å²) in [5, 5.41) is 12.4. The number of aryl methyl sites for hydroxylation is 2. The molecular formula is C42H46NO8P. The van der Waals surface area contributed by atoms with Gasteiger partial charge in [0, 0.05) is 19.2 Å². The van der Waals surface area contributed by atoms with E-state index in [1.165, 1.54) is 0 Å². The number of aliphatic hydroxyl groups excluding tert-OH is 1. The number of hydrogen-bond acceptors (Lipinski definition) is 7. The lowest BCUT2D eigenvalue weighted by atomic mass is 10.1. The Morgan fingerprint density at radius 2 is 1.17 bits per heavy atom. The SMILES string of the molecule is Cc1ccccc1CCP(=O)(O)C(CCCO)(NC(=O)OCc1ccc(OCc2ccccc2)cc1)OCc1ccc(OCc2ccccc2)cc1. The van der Waals surface area contributed by atoms with E-state index in [1.807, 2.05) is 91.9 Å². The second kappa shape index (κ2) is 19.1. The van der Waals surface area contributed by atoms with Crippen molar-refractivity contribution < 1.29 is 38.3 Å². The quantitative estimate of drug-likeness (QED) is 0.0573. The molecule has 5 rings (SSSR count). The maximum absolute atomic E-state index is 14.4. The average molecular weight is 724 g/mol. The second-order valence-corrected chi connectivity index (χ2v) is 15.1. The maximum Gasteiger partial charge on any atom is 0.410 e. The monoisotopic (exact) mass is 723 g/mol. The van der Waals surface area contributed by atoms with E-state index in [4.69, 9.17) is 18.9 Å². The number of benzene rings is 5. The van der Waals surface area contributed by atoms with Crippen LogP contribution in [0.15, 0.2) is 133 Å². The van der Waals surface area contributed by atoms with E-state index in [2.05, 4.69) is 5.32 Å². The molecule has 0 heterocycles. The standard InChI is InChI=1S/C42H46NO8P/c1-33-11-8-9-16-38(33)25-28-52(46,47)42(26-10-27-44,51-32-37-19-23-40(24-20-37)49-30-35-14-6-3-7-15-35)43-41(45)50-31-36-17-21-39(22-18-36)48-29-34-12-4-2-5-13-34/h2-9,11-24,44H,10,25-32H2,1H3,(H,43,45)(H,46,47). The average Bonchev–Trinajstić information content (AvgIpc) is 3.17. The summed E-state index contributed by atoms with van der Waals surface area (Å²) in [6.07, 6.45) is -0.817.